The Morgan fingerprint density at radius 2 is 1.63 bits per heavy atom. The number of nitrogens with zero attached hydrogens (tertiary/aromatic N) is 1. The van der Waals surface area contributed by atoms with Gasteiger partial charge in [0.2, 0.25) is 0 Å². The number of nitrogens with one attached hydrogen (secondary N) is 1. The molecule has 2 rings (SSSR count). The van der Waals surface area contributed by atoms with Crippen molar-refractivity contribution in [1.82, 2.24) is 5.32 Å². The number of rotatable bonds is 7. The van der Waals surface area contributed by atoms with E-state index in [0.29, 0.717) is 16.9 Å². The Labute approximate surface area is 157 Å². The van der Waals surface area contributed by atoms with Gasteiger partial charge in [0.1, 0.15) is 17.1 Å². The van der Waals surface area contributed by atoms with Gasteiger partial charge in [-0.15, -0.1) is 0 Å². The van der Waals surface area contributed by atoms with Crippen molar-refractivity contribution in [2.24, 2.45) is 5.92 Å². The number of hydrogen-bond donors (Lipinski definition) is 1. The molecule has 6 heteroatoms. The van der Waals surface area contributed by atoms with E-state index in [9.17, 15) is 19.2 Å². The van der Waals surface area contributed by atoms with Crippen LogP contribution in [0.5, 0.6) is 5.75 Å². The number of carbonyl (C=O) groups excluding carboxylic acids is 2. The van der Waals surface area contributed by atoms with Crippen molar-refractivity contribution >= 4 is 11.7 Å². The molecule has 140 valence electrons. The molecule has 27 heavy (non-hydrogen) atoms. The normalized spacial score (nSPS) is 12.7. The van der Waals surface area contributed by atoms with E-state index in [1.807, 2.05) is 13.8 Å². The molecule has 0 spiro atoms. The zero-order chi connectivity index (χ0) is 20.0. The van der Waals surface area contributed by atoms with E-state index < -0.39 is 17.3 Å². The van der Waals surface area contributed by atoms with Crippen molar-refractivity contribution in [2.45, 2.75) is 26.3 Å². The van der Waals surface area contributed by atoms with Crippen molar-refractivity contribution in [3.63, 3.8) is 0 Å². The maximum absolute atomic E-state index is 12.9. The third kappa shape index (κ3) is 5.14. The fraction of sp³-hybridized carbons (Fsp3) is 0.286. The van der Waals surface area contributed by atoms with Crippen molar-refractivity contribution in [3.8, 4) is 11.8 Å². The largest absolute Gasteiger partial charge is 0.484 e. The predicted octanol–water partition coefficient (Wildman–Crippen LogP) is 3.49. The second kappa shape index (κ2) is 8.45. The lowest BCUT2D eigenvalue weighted by Crippen LogP contribution is -2.50. The van der Waals surface area contributed by atoms with Crippen LogP contribution in [0.25, 0.3) is 0 Å². The third-order valence-electron chi connectivity index (χ3n) is 4.38. The lowest BCUT2D eigenvalue weighted by Gasteiger charge is -2.27. The molecule has 0 bridgehead atoms. The summed E-state index contributed by atoms with van der Waals surface area (Å²) in [6.07, 6.45) is 0. The molecule has 0 heterocycles. The molecule has 0 saturated heterocycles. The molecule has 0 aromatic heterocycles. The molecule has 1 atom stereocenters. The van der Waals surface area contributed by atoms with E-state index in [1.165, 1.54) is 24.3 Å². The van der Waals surface area contributed by atoms with E-state index in [-0.39, 0.29) is 18.3 Å². The van der Waals surface area contributed by atoms with E-state index in [0.717, 1.165) is 0 Å². The maximum Gasteiger partial charge on any atom is 0.259 e. The molecular weight excluding hydrogens is 347 g/mol. The Morgan fingerprint density at radius 3 is 2.11 bits per heavy atom. The quantitative estimate of drug-likeness (QED) is 0.759. The lowest BCUT2D eigenvalue weighted by atomic mass is 9.90. The smallest absolute Gasteiger partial charge is 0.259 e. The average molecular weight is 368 g/mol. The number of carbonyl (C=O) groups is 2. The number of amides is 1. The topological polar surface area (TPSA) is 79.2 Å². The van der Waals surface area contributed by atoms with Gasteiger partial charge in [0.25, 0.3) is 5.91 Å². The summed E-state index contributed by atoms with van der Waals surface area (Å²) in [4.78, 5) is 24.3. The maximum atomic E-state index is 12.9. The molecule has 0 saturated carbocycles. The van der Waals surface area contributed by atoms with Gasteiger partial charge in [-0.1, -0.05) is 13.8 Å². The second-order valence-electron chi connectivity index (χ2n) is 6.67. The van der Waals surface area contributed by atoms with Crippen molar-refractivity contribution < 1.29 is 18.7 Å². The monoisotopic (exact) mass is 368 g/mol. The Kier molecular flexibility index (Phi) is 6.30. The summed E-state index contributed by atoms with van der Waals surface area (Å²) in [5, 5.41) is 11.9. The van der Waals surface area contributed by atoms with Crippen molar-refractivity contribution in [2.75, 3.05) is 6.61 Å². The molecule has 1 unspecified atom stereocenters. The Bertz CT molecular complexity index is 854. The molecule has 0 radical (unpaired) electrons. The number of hydrogen-bond acceptors (Lipinski definition) is 4. The summed E-state index contributed by atoms with van der Waals surface area (Å²) in [5.41, 5.74) is -0.157. The lowest BCUT2D eigenvalue weighted by molar-refractivity contribution is -0.124. The summed E-state index contributed by atoms with van der Waals surface area (Å²) < 4.78 is 18.4. The van der Waals surface area contributed by atoms with Gasteiger partial charge in [0.05, 0.1) is 6.07 Å². The summed E-state index contributed by atoms with van der Waals surface area (Å²) in [6, 6.07) is 13.7. The summed E-state index contributed by atoms with van der Waals surface area (Å²) in [7, 11) is 0. The zero-order valence-electron chi connectivity index (χ0n) is 15.5. The number of nitriles is 1. The van der Waals surface area contributed by atoms with Gasteiger partial charge in [0, 0.05) is 11.1 Å². The van der Waals surface area contributed by atoms with Crippen LogP contribution in [0.15, 0.2) is 48.5 Å². The van der Waals surface area contributed by atoms with Gasteiger partial charge in [0.15, 0.2) is 12.4 Å². The van der Waals surface area contributed by atoms with Crippen LogP contribution in [0, 0.1) is 23.1 Å². The highest BCUT2D eigenvalue weighted by Crippen LogP contribution is 2.17. The zero-order valence-corrected chi connectivity index (χ0v) is 15.5. The Morgan fingerprint density at radius 1 is 1.11 bits per heavy atom. The van der Waals surface area contributed by atoms with Crippen LogP contribution in [0.2, 0.25) is 0 Å². The number of benzene rings is 2. The van der Waals surface area contributed by atoms with Crippen molar-refractivity contribution in [1.29, 1.82) is 5.26 Å². The second-order valence-corrected chi connectivity index (χ2v) is 6.67. The number of halogens is 1. The SMILES string of the molecule is CC(C)C(C)(C#N)NC(=O)COc1ccc(C(=O)c2ccc(F)cc2)cc1. The van der Waals surface area contributed by atoms with Gasteiger partial charge in [-0.3, -0.25) is 9.59 Å². The predicted molar refractivity (Wildman–Crippen MR) is 98.8 cm³/mol. The van der Waals surface area contributed by atoms with Gasteiger partial charge in [-0.05, 0) is 61.4 Å². The fourth-order valence-corrected chi connectivity index (χ4v) is 2.25. The van der Waals surface area contributed by atoms with E-state index in [2.05, 4.69) is 11.4 Å². The highest BCUT2D eigenvalue weighted by atomic mass is 19.1. The Hall–Kier alpha value is -3.20. The molecule has 0 aliphatic carbocycles. The Balaban J connectivity index is 1.96. The first kappa shape index (κ1) is 20.1. The van der Waals surface area contributed by atoms with Gasteiger partial charge in [-0.2, -0.15) is 5.26 Å². The minimum absolute atomic E-state index is 0.0526. The minimum Gasteiger partial charge on any atom is -0.484 e. The molecule has 2 aromatic rings. The summed E-state index contributed by atoms with van der Waals surface area (Å²) >= 11 is 0. The summed E-state index contributed by atoms with van der Waals surface area (Å²) in [6.45, 7) is 5.11. The number of ketones is 1. The highest BCUT2D eigenvalue weighted by Gasteiger charge is 2.30. The first-order chi connectivity index (χ1) is 12.7. The van der Waals surface area contributed by atoms with Gasteiger partial charge < -0.3 is 10.1 Å². The molecular formula is C21H21FN2O3. The first-order valence-electron chi connectivity index (χ1n) is 8.50. The van der Waals surface area contributed by atoms with Crippen LogP contribution in [0.3, 0.4) is 0 Å². The highest BCUT2D eigenvalue weighted by molar-refractivity contribution is 6.09. The van der Waals surface area contributed by atoms with E-state index >= 15 is 0 Å². The van der Waals surface area contributed by atoms with Gasteiger partial charge >= 0.3 is 0 Å². The summed E-state index contributed by atoms with van der Waals surface area (Å²) in [5.74, 6) is -0.675. The van der Waals surface area contributed by atoms with Crippen LogP contribution in [-0.2, 0) is 4.79 Å². The van der Waals surface area contributed by atoms with Crippen LogP contribution < -0.4 is 10.1 Å². The standard InChI is InChI=1S/C21H21FN2O3/c1-14(2)21(3,13-23)24-19(25)12-27-18-10-6-16(7-11-18)20(26)15-4-8-17(22)9-5-15/h4-11,14H,12H2,1-3H3,(H,24,25). The molecule has 0 fully saturated rings. The molecule has 0 aliphatic rings. The molecule has 0 aliphatic heterocycles. The van der Waals surface area contributed by atoms with Crippen LogP contribution in [0.4, 0.5) is 4.39 Å². The third-order valence-corrected chi connectivity index (χ3v) is 4.38. The average Bonchev–Trinajstić information content (AvgIpc) is 2.66. The first-order valence-corrected chi connectivity index (χ1v) is 8.50. The molecule has 1 N–H and O–H groups in total. The van der Waals surface area contributed by atoms with Crippen LogP contribution >= 0.6 is 0 Å². The van der Waals surface area contributed by atoms with Crippen LogP contribution in [-0.4, -0.2) is 23.8 Å². The minimum atomic E-state index is -0.966. The molecule has 1 amide bonds. The van der Waals surface area contributed by atoms with E-state index in [4.69, 9.17) is 4.74 Å². The molecule has 2 aromatic carbocycles. The van der Waals surface area contributed by atoms with Gasteiger partial charge in [-0.25, -0.2) is 4.39 Å². The van der Waals surface area contributed by atoms with Crippen molar-refractivity contribution in [3.05, 3.63) is 65.5 Å². The van der Waals surface area contributed by atoms with E-state index in [1.54, 1.807) is 31.2 Å². The van der Waals surface area contributed by atoms with Crippen LogP contribution in [0.1, 0.15) is 36.7 Å². The molecule has 5 nitrogen and oxygen atoms in total. The number of ether oxygens (including phenoxy) is 1. The fourth-order valence-electron chi connectivity index (χ4n) is 2.25.